The molecule has 1 aliphatic heterocycles. The fourth-order valence-electron chi connectivity index (χ4n) is 3.72. The van der Waals surface area contributed by atoms with E-state index in [1.165, 1.54) is 5.56 Å². The van der Waals surface area contributed by atoms with E-state index in [1.807, 2.05) is 24.3 Å². The van der Waals surface area contributed by atoms with Crippen molar-refractivity contribution in [3.8, 4) is 11.5 Å². The summed E-state index contributed by atoms with van der Waals surface area (Å²) in [5, 5.41) is 4.44. The van der Waals surface area contributed by atoms with E-state index in [1.54, 1.807) is 14.2 Å². The number of ether oxygens (including phenoxy) is 3. The summed E-state index contributed by atoms with van der Waals surface area (Å²) in [4.78, 5) is 0. The molecule has 1 N–H and O–H groups in total. The lowest BCUT2D eigenvalue weighted by atomic mass is 9.74. The lowest BCUT2D eigenvalue weighted by Crippen LogP contribution is -2.42. The first-order chi connectivity index (χ1) is 12.7. The van der Waals surface area contributed by atoms with Crippen molar-refractivity contribution in [2.75, 3.05) is 34.0 Å². The maximum Gasteiger partial charge on any atom is 0.165 e. The number of para-hydroxylation sites is 1. The van der Waals surface area contributed by atoms with Crippen LogP contribution in [-0.4, -0.2) is 34.0 Å². The van der Waals surface area contributed by atoms with Gasteiger partial charge in [-0.1, -0.05) is 41.9 Å². The number of hydrogen-bond acceptors (Lipinski definition) is 4. The molecule has 140 valence electrons. The molecule has 1 aliphatic rings. The number of hydrogen-bond donors (Lipinski definition) is 1. The Morgan fingerprint density at radius 1 is 1.04 bits per heavy atom. The minimum Gasteiger partial charge on any atom is -0.493 e. The molecule has 1 saturated heterocycles. The highest BCUT2D eigenvalue weighted by Gasteiger charge is 2.35. The first kappa shape index (κ1) is 19.0. The third-order valence-corrected chi connectivity index (χ3v) is 5.49. The second kappa shape index (κ2) is 8.76. The van der Waals surface area contributed by atoms with Crippen molar-refractivity contribution in [3.05, 3.63) is 58.6 Å². The van der Waals surface area contributed by atoms with E-state index in [-0.39, 0.29) is 5.41 Å². The molecule has 1 fully saturated rings. The summed E-state index contributed by atoms with van der Waals surface area (Å²) in [5.41, 5.74) is 2.27. The van der Waals surface area contributed by atoms with E-state index < -0.39 is 0 Å². The van der Waals surface area contributed by atoms with Gasteiger partial charge >= 0.3 is 0 Å². The molecule has 0 aromatic heterocycles. The van der Waals surface area contributed by atoms with Crippen LogP contribution in [0.2, 0.25) is 5.02 Å². The van der Waals surface area contributed by atoms with Crippen molar-refractivity contribution in [1.82, 2.24) is 5.32 Å². The van der Waals surface area contributed by atoms with E-state index in [9.17, 15) is 0 Å². The van der Waals surface area contributed by atoms with Gasteiger partial charge in [0.25, 0.3) is 0 Å². The fraction of sp³-hybridized carbons (Fsp3) is 0.429. The average Bonchev–Trinajstić information content (AvgIpc) is 2.68. The Morgan fingerprint density at radius 2 is 1.81 bits per heavy atom. The van der Waals surface area contributed by atoms with E-state index in [2.05, 4.69) is 23.5 Å². The summed E-state index contributed by atoms with van der Waals surface area (Å²) in [7, 11) is 3.33. The van der Waals surface area contributed by atoms with Crippen LogP contribution >= 0.6 is 11.6 Å². The predicted octanol–water partition coefficient (Wildman–Crippen LogP) is 4.20. The second-order valence-electron chi connectivity index (χ2n) is 6.63. The fourth-order valence-corrected chi connectivity index (χ4v) is 4.06. The molecular weight excluding hydrogens is 350 g/mol. The Kier molecular flexibility index (Phi) is 6.41. The Hall–Kier alpha value is -1.75. The summed E-state index contributed by atoms with van der Waals surface area (Å²) in [6, 6.07) is 14.1. The maximum atomic E-state index is 6.53. The number of halogens is 1. The third-order valence-electron chi connectivity index (χ3n) is 5.16. The van der Waals surface area contributed by atoms with Crippen LogP contribution in [0.25, 0.3) is 0 Å². The Labute approximate surface area is 160 Å². The molecule has 2 aromatic carbocycles. The van der Waals surface area contributed by atoms with Gasteiger partial charge in [0.2, 0.25) is 0 Å². The molecule has 0 radical (unpaired) electrons. The SMILES string of the molecule is COc1cccc(CNCC2(c3ccccc3Cl)CCOCC2)c1OC. The molecule has 2 aromatic rings. The topological polar surface area (TPSA) is 39.7 Å². The first-order valence-electron chi connectivity index (χ1n) is 8.93. The van der Waals surface area contributed by atoms with Crippen LogP contribution in [0.15, 0.2) is 42.5 Å². The Balaban J connectivity index is 1.77. The molecule has 1 heterocycles. The lowest BCUT2D eigenvalue weighted by Gasteiger charge is -2.38. The van der Waals surface area contributed by atoms with E-state index in [4.69, 9.17) is 25.8 Å². The molecule has 0 unspecified atom stereocenters. The molecule has 5 heteroatoms. The normalized spacial score (nSPS) is 16.3. The number of nitrogens with one attached hydrogen (secondary N) is 1. The lowest BCUT2D eigenvalue weighted by molar-refractivity contribution is 0.0498. The van der Waals surface area contributed by atoms with Gasteiger partial charge < -0.3 is 19.5 Å². The first-order valence-corrected chi connectivity index (χ1v) is 9.31. The number of benzene rings is 2. The molecule has 26 heavy (non-hydrogen) atoms. The summed E-state index contributed by atoms with van der Waals surface area (Å²) < 4.78 is 16.5. The van der Waals surface area contributed by atoms with Crippen LogP contribution in [0.4, 0.5) is 0 Å². The molecule has 0 spiro atoms. The number of rotatable bonds is 7. The van der Waals surface area contributed by atoms with E-state index in [0.717, 1.165) is 54.7 Å². The second-order valence-corrected chi connectivity index (χ2v) is 7.04. The quantitative estimate of drug-likeness (QED) is 0.787. The standard InChI is InChI=1S/C21H26ClNO3/c1-24-19-9-5-6-16(20(19)25-2)14-23-15-21(10-12-26-13-11-21)17-7-3-4-8-18(17)22/h3-9,23H,10-15H2,1-2H3. The zero-order chi connectivity index (χ0) is 18.4. The molecule has 0 aliphatic carbocycles. The van der Waals surface area contributed by atoms with Crippen molar-refractivity contribution in [2.24, 2.45) is 0 Å². The largest absolute Gasteiger partial charge is 0.493 e. The summed E-state index contributed by atoms with van der Waals surface area (Å²) >= 11 is 6.53. The van der Waals surface area contributed by atoms with E-state index >= 15 is 0 Å². The van der Waals surface area contributed by atoms with E-state index in [0.29, 0.717) is 6.54 Å². The highest BCUT2D eigenvalue weighted by molar-refractivity contribution is 6.31. The van der Waals surface area contributed by atoms with Crippen molar-refractivity contribution >= 4 is 11.6 Å². The zero-order valence-electron chi connectivity index (χ0n) is 15.4. The van der Waals surface area contributed by atoms with Gasteiger partial charge in [-0.3, -0.25) is 0 Å². The smallest absolute Gasteiger partial charge is 0.165 e. The highest BCUT2D eigenvalue weighted by Crippen LogP contribution is 2.38. The monoisotopic (exact) mass is 375 g/mol. The van der Waals surface area contributed by atoms with Crippen molar-refractivity contribution in [1.29, 1.82) is 0 Å². The van der Waals surface area contributed by atoms with Crippen LogP contribution in [0.5, 0.6) is 11.5 Å². The summed E-state index contributed by atoms with van der Waals surface area (Å²) in [5.74, 6) is 1.53. The molecule has 4 nitrogen and oxygen atoms in total. The molecule has 0 saturated carbocycles. The van der Waals surface area contributed by atoms with Gasteiger partial charge in [0, 0.05) is 42.3 Å². The van der Waals surface area contributed by atoms with Crippen molar-refractivity contribution < 1.29 is 14.2 Å². The average molecular weight is 376 g/mol. The molecule has 3 rings (SSSR count). The molecule has 0 amide bonds. The predicted molar refractivity (Wildman–Crippen MR) is 104 cm³/mol. The van der Waals surface area contributed by atoms with Gasteiger partial charge in [-0.2, -0.15) is 0 Å². The minimum atomic E-state index is -0.0112. The van der Waals surface area contributed by atoms with Gasteiger partial charge in [0.15, 0.2) is 11.5 Å². The van der Waals surface area contributed by atoms with Crippen LogP contribution in [0.3, 0.4) is 0 Å². The highest BCUT2D eigenvalue weighted by atomic mass is 35.5. The zero-order valence-corrected chi connectivity index (χ0v) is 16.1. The molecule has 0 bridgehead atoms. The van der Waals surface area contributed by atoms with Crippen LogP contribution < -0.4 is 14.8 Å². The summed E-state index contributed by atoms with van der Waals surface area (Å²) in [6.07, 6.45) is 1.91. The summed E-state index contributed by atoms with van der Waals surface area (Å²) in [6.45, 7) is 3.05. The van der Waals surface area contributed by atoms with Crippen LogP contribution in [-0.2, 0) is 16.7 Å². The molecular formula is C21H26ClNO3. The van der Waals surface area contributed by atoms with Gasteiger partial charge in [-0.25, -0.2) is 0 Å². The van der Waals surface area contributed by atoms with Gasteiger partial charge in [0.1, 0.15) is 0 Å². The minimum absolute atomic E-state index is 0.0112. The Bertz CT molecular complexity index is 729. The Morgan fingerprint density at radius 3 is 2.50 bits per heavy atom. The van der Waals surface area contributed by atoms with Crippen LogP contribution in [0, 0.1) is 0 Å². The van der Waals surface area contributed by atoms with Gasteiger partial charge in [-0.05, 0) is 30.5 Å². The van der Waals surface area contributed by atoms with Gasteiger partial charge in [-0.15, -0.1) is 0 Å². The van der Waals surface area contributed by atoms with Crippen LogP contribution in [0.1, 0.15) is 24.0 Å². The number of methoxy groups -OCH3 is 2. The van der Waals surface area contributed by atoms with Crippen molar-refractivity contribution in [2.45, 2.75) is 24.8 Å². The maximum absolute atomic E-state index is 6.53. The van der Waals surface area contributed by atoms with Gasteiger partial charge in [0.05, 0.1) is 14.2 Å². The van der Waals surface area contributed by atoms with Crippen molar-refractivity contribution in [3.63, 3.8) is 0 Å². The third kappa shape index (κ3) is 3.98. The molecule has 0 atom stereocenters.